The minimum Gasteiger partial charge on any atom is -0.478 e. The molecule has 1 heterocycles. The van der Waals surface area contributed by atoms with Gasteiger partial charge in [-0.3, -0.25) is 0 Å². The van der Waals surface area contributed by atoms with Crippen LogP contribution in [0.25, 0.3) is 0 Å². The molecule has 5 heteroatoms. The van der Waals surface area contributed by atoms with Gasteiger partial charge < -0.3 is 15.3 Å². The second-order valence-corrected chi connectivity index (χ2v) is 4.83. The first-order chi connectivity index (χ1) is 9.16. The van der Waals surface area contributed by atoms with Crippen LogP contribution in [0.5, 0.6) is 0 Å². The predicted molar refractivity (Wildman–Crippen MR) is 72.1 cm³/mol. The Morgan fingerprint density at radius 3 is 2.68 bits per heavy atom. The third-order valence-corrected chi connectivity index (χ3v) is 3.41. The van der Waals surface area contributed by atoms with Gasteiger partial charge in [-0.2, -0.15) is 0 Å². The molecule has 0 aromatic heterocycles. The van der Waals surface area contributed by atoms with E-state index in [4.69, 9.17) is 5.11 Å². The smallest absolute Gasteiger partial charge is 0.338 e. The number of piperidine rings is 1. The molecular weight excluding hydrogens is 247 g/mol. The van der Waals surface area contributed by atoms with Crippen molar-refractivity contribution in [1.29, 1.82) is 0 Å². The van der Waals surface area contributed by atoms with Crippen LogP contribution in [-0.4, -0.2) is 42.2 Å². The maximum absolute atomic E-state index is 13.5. The molecule has 2 N–H and O–H groups in total. The molecule has 0 bridgehead atoms. The Labute approximate surface area is 112 Å². The van der Waals surface area contributed by atoms with Gasteiger partial charge in [-0.1, -0.05) is 6.42 Å². The van der Waals surface area contributed by atoms with E-state index in [-0.39, 0.29) is 5.56 Å². The van der Waals surface area contributed by atoms with Crippen LogP contribution < -0.4 is 5.32 Å². The molecule has 1 aliphatic heterocycles. The fourth-order valence-corrected chi connectivity index (χ4v) is 2.34. The van der Waals surface area contributed by atoms with E-state index in [0.717, 1.165) is 26.2 Å². The second kappa shape index (κ2) is 6.52. The number of benzene rings is 1. The van der Waals surface area contributed by atoms with Gasteiger partial charge in [0.2, 0.25) is 0 Å². The minimum absolute atomic E-state index is 0.290. The highest BCUT2D eigenvalue weighted by Crippen LogP contribution is 2.14. The molecule has 104 valence electrons. The second-order valence-electron chi connectivity index (χ2n) is 4.83. The third kappa shape index (κ3) is 3.92. The van der Waals surface area contributed by atoms with E-state index in [2.05, 4.69) is 10.2 Å². The van der Waals surface area contributed by atoms with E-state index in [1.54, 1.807) is 6.07 Å². The molecule has 1 fully saturated rings. The van der Waals surface area contributed by atoms with Crippen LogP contribution in [0.15, 0.2) is 18.2 Å². The van der Waals surface area contributed by atoms with Crippen LogP contribution in [0, 0.1) is 5.82 Å². The molecule has 2 rings (SSSR count). The lowest BCUT2D eigenvalue weighted by Gasteiger charge is -2.26. The molecule has 1 aromatic carbocycles. The number of carbonyl (C=O) groups is 1. The van der Waals surface area contributed by atoms with Crippen molar-refractivity contribution in [2.45, 2.75) is 19.3 Å². The van der Waals surface area contributed by atoms with E-state index in [0.29, 0.717) is 5.69 Å². The van der Waals surface area contributed by atoms with Crippen molar-refractivity contribution in [3.8, 4) is 0 Å². The third-order valence-electron chi connectivity index (χ3n) is 3.41. The molecule has 0 saturated carbocycles. The highest BCUT2D eigenvalue weighted by molar-refractivity contribution is 5.88. The average molecular weight is 266 g/mol. The van der Waals surface area contributed by atoms with E-state index in [9.17, 15) is 9.18 Å². The van der Waals surface area contributed by atoms with Crippen LogP contribution in [0.4, 0.5) is 10.1 Å². The molecule has 0 aliphatic carbocycles. The maximum atomic E-state index is 13.5. The number of carboxylic acids is 1. The van der Waals surface area contributed by atoms with Crippen LogP contribution in [0.3, 0.4) is 0 Å². The zero-order valence-corrected chi connectivity index (χ0v) is 10.9. The summed E-state index contributed by atoms with van der Waals surface area (Å²) < 4.78 is 13.5. The molecule has 1 aromatic rings. The van der Waals surface area contributed by atoms with Crippen molar-refractivity contribution in [2.24, 2.45) is 0 Å². The van der Waals surface area contributed by atoms with Crippen LogP contribution in [0.2, 0.25) is 0 Å². The number of likely N-dealkylation sites (tertiary alicyclic amines) is 1. The molecule has 4 nitrogen and oxygen atoms in total. The van der Waals surface area contributed by atoms with Crippen molar-refractivity contribution in [2.75, 3.05) is 31.5 Å². The van der Waals surface area contributed by atoms with E-state index in [1.807, 2.05) is 0 Å². The Morgan fingerprint density at radius 1 is 1.32 bits per heavy atom. The molecule has 19 heavy (non-hydrogen) atoms. The first kappa shape index (κ1) is 13.8. The maximum Gasteiger partial charge on any atom is 0.338 e. The summed E-state index contributed by atoms with van der Waals surface area (Å²) in [7, 11) is 0. The van der Waals surface area contributed by atoms with Crippen LogP contribution >= 0.6 is 0 Å². The van der Waals surface area contributed by atoms with Gasteiger partial charge in [-0.15, -0.1) is 0 Å². The number of hydrogen-bond donors (Lipinski definition) is 2. The fourth-order valence-electron chi connectivity index (χ4n) is 2.34. The Morgan fingerprint density at radius 2 is 2.05 bits per heavy atom. The highest BCUT2D eigenvalue weighted by Gasteiger charge is 2.11. The topological polar surface area (TPSA) is 52.6 Å². The first-order valence-electron chi connectivity index (χ1n) is 6.66. The summed E-state index contributed by atoms with van der Waals surface area (Å²) in [5, 5.41) is 11.9. The molecule has 1 aliphatic rings. The number of halogens is 1. The molecule has 0 atom stereocenters. The van der Waals surface area contributed by atoms with Gasteiger partial charge in [-0.25, -0.2) is 9.18 Å². The zero-order chi connectivity index (χ0) is 13.7. The summed E-state index contributed by atoms with van der Waals surface area (Å²) in [6.45, 7) is 3.94. The van der Waals surface area contributed by atoms with Crippen LogP contribution in [0.1, 0.15) is 29.6 Å². The predicted octanol–water partition coefficient (Wildman–Crippen LogP) is 2.42. The molecule has 0 unspecified atom stereocenters. The number of aromatic carboxylic acids is 1. The Bertz CT molecular complexity index is 445. The number of rotatable bonds is 5. The summed E-state index contributed by atoms with van der Waals surface area (Å²) in [4.78, 5) is 13.1. The summed E-state index contributed by atoms with van der Waals surface area (Å²) in [5.74, 6) is -1.94. The van der Waals surface area contributed by atoms with Crippen LogP contribution in [-0.2, 0) is 0 Å². The lowest BCUT2D eigenvalue weighted by Crippen LogP contribution is -2.33. The summed E-state index contributed by atoms with van der Waals surface area (Å²) in [6, 6.07) is 4.13. The molecule has 0 radical (unpaired) electrons. The van der Waals surface area contributed by atoms with E-state index < -0.39 is 11.8 Å². The van der Waals surface area contributed by atoms with Gasteiger partial charge in [0.05, 0.1) is 5.56 Å². The number of nitrogens with one attached hydrogen (secondary N) is 1. The van der Waals surface area contributed by atoms with E-state index >= 15 is 0 Å². The number of anilines is 1. The van der Waals surface area contributed by atoms with Crippen molar-refractivity contribution < 1.29 is 14.3 Å². The summed E-state index contributed by atoms with van der Waals surface area (Å²) >= 11 is 0. The fraction of sp³-hybridized carbons (Fsp3) is 0.500. The Hall–Kier alpha value is -1.62. The van der Waals surface area contributed by atoms with Gasteiger partial charge in [0, 0.05) is 18.8 Å². The number of hydrogen-bond acceptors (Lipinski definition) is 3. The number of carboxylic acid groups (broad SMARTS) is 1. The average Bonchev–Trinajstić information content (AvgIpc) is 2.39. The van der Waals surface area contributed by atoms with Gasteiger partial charge in [0.15, 0.2) is 0 Å². The van der Waals surface area contributed by atoms with Gasteiger partial charge in [0.1, 0.15) is 5.82 Å². The molecule has 0 amide bonds. The Kier molecular flexibility index (Phi) is 4.74. The summed E-state index contributed by atoms with van der Waals surface area (Å²) in [6.07, 6.45) is 3.82. The number of nitrogens with zero attached hydrogens (tertiary/aromatic N) is 1. The van der Waals surface area contributed by atoms with E-state index in [1.165, 1.54) is 31.4 Å². The monoisotopic (exact) mass is 266 g/mol. The quantitative estimate of drug-likeness (QED) is 0.859. The standard InChI is InChI=1S/C14H19FN2O2/c15-13-10-11(4-5-12(13)14(18)19)16-6-9-17-7-2-1-3-8-17/h4-5,10,16H,1-3,6-9H2,(H,18,19). The lowest BCUT2D eigenvalue weighted by molar-refractivity contribution is 0.0692. The molecule has 1 saturated heterocycles. The Balaban J connectivity index is 1.82. The minimum atomic E-state index is -1.24. The molecular formula is C14H19FN2O2. The summed E-state index contributed by atoms with van der Waals surface area (Å²) in [5.41, 5.74) is 0.334. The SMILES string of the molecule is O=C(O)c1ccc(NCCN2CCCCC2)cc1F. The van der Waals surface area contributed by atoms with Crippen molar-refractivity contribution >= 4 is 11.7 Å². The lowest BCUT2D eigenvalue weighted by atomic mass is 10.1. The largest absolute Gasteiger partial charge is 0.478 e. The van der Waals surface area contributed by atoms with Gasteiger partial charge >= 0.3 is 5.97 Å². The molecule has 0 spiro atoms. The first-order valence-corrected chi connectivity index (χ1v) is 6.66. The zero-order valence-electron chi connectivity index (χ0n) is 10.9. The van der Waals surface area contributed by atoms with Crippen molar-refractivity contribution in [3.05, 3.63) is 29.6 Å². The van der Waals surface area contributed by atoms with Gasteiger partial charge in [-0.05, 0) is 44.1 Å². The van der Waals surface area contributed by atoms with Crippen molar-refractivity contribution in [1.82, 2.24) is 4.90 Å². The normalized spacial score (nSPS) is 16.3. The highest BCUT2D eigenvalue weighted by atomic mass is 19.1. The van der Waals surface area contributed by atoms with Gasteiger partial charge in [0.25, 0.3) is 0 Å². The van der Waals surface area contributed by atoms with Crippen molar-refractivity contribution in [3.63, 3.8) is 0 Å².